The first-order valence-electron chi connectivity index (χ1n) is 4.65. The van der Waals surface area contributed by atoms with Crippen LogP contribution in [0.25, 0.3) is 0 Å². The lowest BCUT2D eigenvalue weighted by atomic mass is 10.2. The molecule has 0 bridgehead atoms. The summed E-state index contributed by atoms with van der Waals surface area (Å²) < 4.78 is 0. The molecule has 0 unspecified atom stereocenters. The van der Waals surface area contributed by atoms with Crippen molar-refractivity contribution in [2.45, 2.75) is 31.2 Å². The molecule has 2 nitrogen and oxygen atoms in total. The van der Waals surface area contributed by atoms with Crippen LogP contribution in [0.1, 0.15) is 19.8 Å². The van der Waals surface area contributed by atoms with Crippen LogP contribution in [0.15, 0.2) is 0 Å². The number of carbonyl (C=O) groups excluding carboxylic acids is 1. The van der Waals surface area contributed by atoms with E-state index < -0.39 is 0 Å². The van der Waals surface area contributed by atoms with Crippen LogP contribution in [0.2, 0.25) is 0 Å². The highest BCUT2D eigenvalue weighted by Gasteiger charge is 2.26. The van der Waals surface area contributed by atoms with E-state index in [-0.39, 0.29) is 11.3 Å². The van der Waals surface area contributed by atoms with E-state index in [1.807, 2.05) is 30.6 Å². The molecular formula is C9H16ClNOS. The zero-order chi connectivity index (χ0) is 9.84. The van der Waals surface area contributed by atoms with Gasteiger partial charge in [-0.25, -0.2) is 0 Å². The number of rotatable bonds is 3. The Kier molecular flexibility index (Phi) is 4.39. The Morgan fingerprint density at radius 3 is 2.92 bits per heavy atom. The average Bonchev–Trinajstić information content (AvgIpc) is 2.67. The van der Waals surface area contributed by atoms with E-state index in [1.165, 1.54) is 5.75 Å². The van der Waals surface area contributed by atoms with Crippen LogP contribution >= 0.6 is 23.4 Å². The fourth-order valence-electron chi connectivity index (χ4n) is 1.40. The van der Waals surface area contributed by atoms with E-state index in [0.717, 1.165) is 12.2 Å². The number of amides is 1. The van der Waals surface area contributed by atoms with Gasteiger partial charge in [-0.15, -0.1) is 11.6 Å². The van der Waals surface area contributed by atoms with Crippen molar-refractivity contribution in [3.63, 3.8) is 0 Å². The topological polar surface area (TPSA) is 20.3 Å². The SMILES string of the molecule is CC[C@@H](Cl)C(=O)N(C)[C@@H]1CCSC1. The lowest BCUT2D eigenvalue weighted by Gasteiger charge is -2.25. The van der Waals surface area contributed by atoms with E-state index in [1.54, 1.807) is 0 Å². The third kappa shape index (κ3) is 2.78. The Morgan fingerprint density at radius 2 is 2.46 bits per heavy atom. The smallest absolute Gasteiger partial charge is 0.240 e. The summed E-state index contributed by atoms with van der Waals surface area (Å²) in [6.07, 6.45) is 1.82. The minimum atomic E-state index is -0.337. The van der Waals surface area contributed by atoms with Crippen molar-refractivity contribution in [3.05, 3.63) is 0 Å². The van der Waals surface area contributed by atoms with Gasteiger partial charge in [0, 0.05) is 18.8 Å². The lowest BCUT2D eigenvalue weighted by Crippen LogP contribution is -2.41. The molecule has 0 radical (unpaired) electrons. The molecule has 0 aromatic rings. The average molecular weight is 222 g/mol. The Morgan fingerprint density at radius 1 is 1.77 bits per heavy atom. The molecule has 13 heavy (non-hydrogen) atoms. The monoisotopic (exact) mass is 221 g/mol. The first-order chi connectivity index (χ1) is 6.16. The summed E-state index contributed by atoms with van der Waals surface area (Å²) in [7, 11) is 1.86. The van der Waals surface area contributed by atoms with Gasteiger partial charge < -0.3 is 4.90 Å². The van der Waals surface area contributed by atoms with Crippen LogP contribution in [-0.2, 0) is 4.79 Å². The molecule has 0 N–H and O–H groups in total. The van der Waals surface area contributed by atoms with Crippen LogP contribution in [0, 0.1) is 0 Å². The number of hydrogen-bond acceptors (Lipinski definition) is 2. The van der Waals surface area contributed by atoms with Gasteiger partial charge in [0.05, 0.1) is 0 Å². The molecule has 0 aromatic heterocycles. The lowest BCUT2D eigenvalue weighted by molar-refractivity contribution is -0.131. The van der Waals surface area contributed by atoms with Gasteiger partial charge in [-0.3, -0.25) is 4.79 Å². The number of thioether (sulfide) groups is 1. The summed E-state index contributed by atoms with van der Waals surface area (Å²) in [6.45, 7) is 1.94. The zero-order valence-electron chi connectivity index (χ0n) is 8.12. The predicted molar refractivity (Wildman–Crippen MR) is 58.4 cm³/mol. The summed E-state index contributed by atoms with van der Waals surface area (Å²) in [4.78, 5) is 13.5. The quantitative estimate of drug-likeness (QED) is 0.680. The predicted octanol–water partition coefficient (Wildman–Crippen LogP) is 1.97. The van der Waals surface area contributed by atoms with Gasteiger partial charge in [0.2, 0.25) is 5.91 Å². The van der Waals surface area contributed by atoms with Crippen LogP contribution < -0.4 is 0 Å². The molecule has 0 saturated carbocycles. The Bertz CT molecular complexity index is 182. The molecule has 1 rings (SSSR count). The van der Waals surface area contributed by atoms with Crippen molar-refractivity contribution in [1.82, 2.24) is 4.90 Å². The van der Waals surface area contributed by atoms with Gasteiger partial charge in [-0.05, 0) is 18.6 Å². The van der Waals surface area contributed by atoms with Crippen molar-refractivity contribution in [3.8, 4) is 0 Å². The number of nitrogens with zero attached hydrogens (tertiary/aromatic N) is 1. The molecule has 1 saturated heterocycles. The van der Waals surface area contributed by atoms with Gasteiger partial charge in [-0.2, -0.15) is 11.8 Å². The summed E-state index contributed by atoms with van der Waals surface area (Å²) in [5.41, 5.74) is 0. The highest BCUT2D eigenvalue weighted by atomic mass is 35.5. The Hall–Kier alpha value is 0.110. The number of hydrogen-bond donors (Lipinski definition) is 0. The normalized spacial score (nSPS) is 24.4. The second-order valence-corrected chi connectivity index (χ2v) is 5.02. The molecule has 1 aliphatic heterocycles. The molecule has 1 heterocycles. The summed E-state index contributed by atoms with van der Waals surface area (Å²) in [6, 6.07) is 0.408. The number of halogens is 1. The number of carbonyl (C=O) groups is 1. The molecule has 2 atom stereocenters. The molecule has 0 spiro atoms. The van der Waals surface area contributed by atoms with E-state index in [4.69, 9.17) is 11.6 Å². The van der Waals surface area contributed by atoms with Crippen molar-refractivity contribution >= 4 is 29.3 Å². The second kappa shape index (κ2) is 5.11. The summed E-state index contributed by atoms with van der Waals surface area (Å²) in [5.74, 6) is 2.31. The maximum Gasteiger partial charge on any atom is 0.240 e. The molecule has 1 aliphatic rings. The zero-order valence-corrected chi connectivity index (χ0v) is 9.70. The molecule has 1 amide bonds. The molecule has 0 aliphatic carbocycles. The maximum absolute atomic E-state index is 11.6. The third-order valence-electron chi connectivity index (χ3n) is 2.43. The highest BCUT2D eigenvalue weighted by Crippen LogP contribution is 2.22. The molecular weight excluding hydrogens is 206 g/mol. The van der Waals surface area contributed by atoms with Crippen LogP contribution in [-0.4, -0.2) is 40.8 Å². The summed E-state index contributed by atoms with van der Waals surface area (Å²) >= 11 is 7.80. The van der Waals surface area contributed by atoms with E-state index in [2.05, 4.69) is 0 Å². The van der Waals surface area contributed by atoms with Gasteiger partial charge >= 0.3 is 0 Å². The fraction of sp³-hybridized carbons (Fsp3) is 0.889. The van der Waals surface area contributed by atoms with Gasteiger partial charge in [0.25, 0.3) is 0 Å². The van der Waals surface area contributed by atoms with Crippen LogP contribution in [0.3, 0.4) is 0 Å². The first kappa shape index (κ1) is 11.2. The van der Waals surface area contributed by atoms with Crippen molar-refractivity contribution in [1.29, 1.82) is 0 Å². The highest BCUT2D eigenvalue weighted by molar-refractivity contribution is 7.99. The van der Waals surface area contributed by atoms with E-state index in [0.29, 0.717) is 12.5 Å². The molecule has 1 fully saturated rings. The Balaban J connectivity index is 2.45. The number of alkyl halides is 1. The minimum absolute atomic E-state index is 0.0802. The molecule has 0 aromatic carbocycles. The first-order valence-corrected chi connectivity index (χ1v) is 6.24. The van der Waals surface area contributed by atoms with Crippen molar-refractivity contribution < 1.29 is 4.79 Å². The maximum atomic E-state index is 11.6. The Labute approximate surface area is 89.0 Å². The van der Waals surface area contributed by atoms with Crippen molar-refractivity contribution in [2.24, 2.45) is 0 Å². The van der Waals surface area contributed by atoms with E-state index in [9.17, 15) is 4.79 Å². The van der Waals surface area contributed by atoms with Crippen LogP contribution in [0.4, 0.5) is 0 Å². The summed E-state index contributed by atoms with van der Waals surface area (Å²) in [5, 5.41) is -0.337. The fourth-order valence-corrected chi connectivity index (χ4v) is 2.82. The minimum Gasteiger partial charge on any atom is -0.341 e. The van der Waals surface area contributed by atoms with Gasteiger partial charge in [0.1, 0.15) is 5.38 Å². The van der Waals surface area contributed by atoms with E-state index >= 15 is 0 Å². The van der Waals surface area contributed by atoms with Crippen LogP contribution in [0.5, 0.6) is 0 Å². The standard InChI is InChI=1S/C9H16ClNOS/c1-3-8(10)9(12)11(2)7-4-5-13-6-7/h7-8H,3-6H2,1-2H3/t7-,8-/m1/s1. The van der Waals surface area contributed by atoms with Gasteiger partial charge in [-0.1, -0.05) is 6.92 Å². The van der Waals surface area contributed by atoms with Crippen molar-refractivity contribution in [2.75, 3.05) is 18.6 Å². The second-order valence-electron chi connectivity index (χ2n) is 3.34. The largest absolute Gasteiger partial charge is 0.341 e. The molecule has 4 heteroatoms. The third-order valence-corrected chi connectivity index (χ3v) is 4.07. The van der Waals surface area contributed by atoms with Gasteiger partial charge in [0.15, 0.2) is 0 Å². The molecule has 76 valence electrons.